The van der Waals surface area contributed by atoms with Crippen molar-refractivity contribution in [3.63, 3.8) is 0 Å². The van der Waals surface area contributed by atoms with E-state index in [1.165, 1.54) is 11.1 Å². The molecule has 136 valence electrons. The molecule has 4 rings (SSSR count). The largest absolute Gasteiger partial charge is 0.486 e. The standard InChI is InChI=1S/C22H23BrO3/c1-13-8-16(20(12-22(24)25)14-2-3-14)11-18(9-13)26-21-7-4-15-10-17(23)5-6-19(15)21/h5-6,8-11,14,20-21H,2-4,7,12H2,1H3,(H,24,25)/t20?,21-/m1/s1. The molecule has 3 nitrogen and oxygen atoms in total. The van der Waals surface area contributed by atoms with Crippen LogP contribution in [0.4, 0.5) is 0 Å². The van der Waals surface area contributed by atoms with Crippen LogP contribution in [0, 0.1) is 12.8 Å². The zero-order chi connectivity index (χ0) is 18.3. The first kappa shape index (κ1) is 17.6. The predicted octanol–water partition coefficient (Wildman–Crippen LogP) is 5.79. The van der Waals surface area contributed by atoms with Crippen molar-refractivity contribution in [3.8, 4) is 5.75 Å². The van der Waals surface area contributed by atoms with Gasteiger partial charge in [-0.05, 0) is 91.0 Å². The summed E-state index contributed by atoms with van der Waals surface area (Å²) in [5, 5.41) is 9.29. The van der Waals surface area contributed by atoms with Crippen LogP contribution in [-0.4, -0.2) is 11.1 Å². The van der Waals surface area contributed by atoms with Crippen molar-refractivity contribution in [2.24, 2.45) is 5.92 Å². The lowest BCUT2D eigenvalue weighted by Gasteiger charge is -2.20. The normalized spacial score (nSPS) is 19.8. The maximum atomic E-state index is 11.3. The molecule has 0 radical (unpaired) electrons. The predicted molar refractivity (Wildman–Crippen MR) is 105 cm³/mol. The van der Waals surface area contributed by atoms with E-state index in [0.717, 1.165) is 47.0 Å². The molecule has 1 saturated carbocycles. The number of fused-ring (bicyclic) bond motifs is 1. The molecule has 4 heteroatoms. The molecule has 2 aliphatic rings. The summed E-state index contributed by atoms with van der Waals surface area (Å²) in [5.74, 6) is 0.741. The van der Waals surface area contributed by atoms with E-state index in [1.54, 1.807) is 0 Å². The molecule has 0 bridgehead atoms. The van der Waals surface area contributed by atoms with Crippen molar-refractivity contribution in [3.05, 3.63) is 63.1 Å². The van der Waals surface area contributed by atoms with Crippen LogP contribution < -0.4 is 4.74 Å². The Morgan fingerprint density at radius 1 is 1.23 bits per heavy atom. The van der Waals surface area contributed by atoms with Gasteiger partial charge in [-0.15, -0.1) is 0 Å². The van der Waals surface area contributed by atoms with Gasteiger partial charge in [0.2, 0.25) is 0 Å². The summed E-state index contributed by atoms with van der Waals surface area (Å²) in [4.78, 5) is 11.3. The van der Waals surface area contributed by atoms with Gasteiger partial charge in [-0.3, -0.25) is 4.79 Å². The Kier molecular flexibility index (Phi) is 4.78. The first-order chi connectivity index (χ1) is 12.5. The average Bonchev–Trinajstić information content (AvgIpc) is 3.34. The van der Waals surface area contributed by atoms with Crippen molar-refractivity contribution in [2.75, 3.05) is 0 Å². The van der Waals surface area contributed by atoms with Gasteiger partial charge in [0.05, 0.1) is 6.42 Å². The maximum Gasteiger partial charge on any atom is 0.303 e. The minimum absolute atomic E-state index is 0.0756. The van der Waals surface area contributed by atoms with Crippen LogP contribution >= 0.6 is 15.9 Å². The molecule has 1 N–H and O–H groups in total. The molecular weight excluding hydrogens is 392 g/mol. The van der Waals surface area contributed by atoms with E-state index in [1.807, 2.05) is 0 Å². The summed E-state index contributed by atoms with van der Waals surface area (Å²) in [6.07, 6.45) is 4.55. The molecule has 0 spiro atoms. The quantitative estimate of drug-likeness (QED) is 0.650. The van der Waals surface area contributed by atoms with Gasteiger partial charge in [-0.2, -0.15) is 0 Å². The van der Waals surface area contributed by atoms with E-state index in [0.29, 0.717) is 5.92 Å². The van der Waals surface area contributed by atoms with Crippen LogP contribution in [0.3, 0.4) is 0 Å². The van der Waals surface area contributed by atoms with E-state index in [4.69, 9.17) is 4.74 Å². The molecule has 2 aromatic carbocycles. The zero-order valence-corrected chi connectivity index (χ0v) is 16.5. The lowest BCUT2D eigenvalue weighted by molar-refractivity contribution is -0.137. The number of aliphatic carboxylic acids is 1. The highest BCUT2D eigenvalue weighted by Gasteiger charge is 2.34. The number of hydrogen-bond donors (Lipinski definition) is 1. The fourth-order valence-electron chi connectivity index (χ4n) is 4.14. The Balaban J connectivity index is 1.58. The molecule has 0 saturated heterocycles. The number of carboxylic acid groups (broad SMARTS) is 1. The summed E-state index contributed by atoms with van der Waals surface area (Å²) < 4.78 is 7.46. The monoisotopic (exact) mass is 414 g/mol. The second-order valence-corrected chi connectivity index (χ2v) is 8.53. The Bertz CT molecular complexity index is 841. The fourth-order valence-corrected chi connectivity index (χ4v) is 4.54. The third-order valence-corrected chi connectivity index (χ3v) is 5.99. The van der Waals surface area contributed by atoms with Crippen LogP contribution in [0.5, 0.6) is 5.75 Å². The van der Waals surface area contributed by atoms with Gasteiger partial charge < -0.3 is 9.84 Å². The highest BCUT2D eigenvalue weighted by atomic mass is 79.9. The van der Waals surface area contributed by atoms with Crippen LogP contribution in [-0.2, 0) is 11.2 Å². The number of carbonyl (C=O) groups is 1. The van der Waals surface area contributed by atoms with E-state index in [9.17, 15) is 9.90 Å². The molecule has 1 fully saturated rings. The van der Waals surface area contributed by atoms with Crippen molar-refractivity contribution in [1.29, 1.82) is 0 Å². The SMILES string of the molecule is Cc1cc(O[C@@H]2CCc3cc(Br)ccc32)cc(C(CC(=O)O)C2CC2)c1. The van der Waals surface area contributed by atoms with Gasteiger partial charge in [-0.1, -0.05) is 28.1 Å². The summed E-state index contributed by atoms with van der Waals surface area (Å²) in [5.41, 5.74) is 4.85. The first-order valence-electron chi connectivity index (χ1n) is 9.28. The molecule has 0 aromatic heterocycles. The minimum Gasteiger partial charge on any atom is -0.486 e. The van der Waals surface area contributed by atoms with Crippen molar-refractivity contribution in [2.45, 2.75) is 51.0 Å². The molecular formula is C22H23BrO3. The molecule has 1 unspecified atom stereocenters. The molecule has 0 amide bonds. The Morgan fingerprint density at radius 3 is 2.77 bits per heavy atom. The number of ether oxygens (including phenoxy) is 1. The second kappa shape index (κ2) is 7.07. The maximum absolute atomic E-state index is 11.3. The average molecular weight is 415 g/mol. The first-order valence-corrected chi connectivity index (χ1v) is 10.1. The number of hydrogen-bond acceptors (Lipinski definition) is 2. The van der Waals surface area contributed by atoms with Crippen molar-refractivity contribution < 1.29 is 14.6 Å². The molecule has 26 heavy (non-hydrogen) atoms. The van der Waals surface area contributed by atoms with E-state index in [-0.39, 0.29) is 18.4 Å². The lowest BCUT2D eigenvalue weighted by atomic mass is 9.90. The van der Waals surface area contributed by atoms with Gasteiger partial charge in [0.25, 0.3) is 0 Å². The van der Waals surface area contributed by atoms with Crippen LogP contribution in [0.1, 0.15) is 60.0 Å². The summed E-state index contributed by atoms with van der Waals surface area (Å²) in [6, 6.07) is 12.6. The zero-order valence-electron chi connectivity index (χ0n) is 14.9. The van der Waals surface area contributed by atoms with Gasteiger partial charge in [0, 0.05) is 4.47 Å². The number of rotatable bonds is 6. The van der Waals surface area contributed by atoms with Gasteiger partial charge in [-0.25, -0.2) is 0 Å². The highest BCUT2D eigenvalue weighted by Crippen LogP contribution is 2.46. The Labute approximate surface area is 162 Å². The Hall–Kier alpha value is -1.81. The molecule has 2 atom stereocenters. The van der Waals surface area contributed by atoms with Crippen molar-refractivity contribution >= 4 is 21.9 Å². The Morgan fingerprint density at radius 2 is 2.04 bits per heavy atom. The molecule has 0 aliphatic heterocycles. The molecule has 2 aliphatic carbocycles. The van der Waals surface area contributed by atoms with Gasteiger partial charge in [0.1, 0.15) is 11.9 Å². The minimum atomic E-state index is -0.721. The van der Waals surface area contributed by atoms with Gasteiger partial charge in [0.15, 0.2) is 0 Å². The number of aryl methyl sites for hydroxylation is 2. The number of carboxylic acids is 1. The fraction of sp³-hybridized carbons (Fsp3) is 0.409. The van der Waals surface area contributed by atoms with Crippen molar-refractivity contribution in [1.82, 2.24) is 0 Å². The topological polar surface area (TPSA) is 46.5 Å². The smallest absolute Gasteiger partial charge is 0.303 e. The molecule has 0 heterocycles. The van der Waals surface area contributed by atoms with Crippen LogP contribution in [0.25, 0.3) is 0 Å². The van der Waals surface area contributed by atoms with E-state index < -0.39 is 5.97 Å². The third-order valence-electron chi connectivity index (χ3n) is 5.49. The summed E-state index contributed by atoms with van der Waals surface area (Å²) >= 11 is 3.54. The summed E-state index contributed by atoms with van der Waals surface area (Å²) in [7, 11) is 0. The number of benzene rings is 2. The third kappa shape index (κ3) is 3.80. The van der Waals surface area contributed by atoms with E-state index >= 15 is 0 Å². The summed E-state index contributed by atoms with van der Waals surface area (Å²) in [6.45, 7) is 2.06. The number of halogens is 1. The molecule has 2 aromatic rings. The van der Waals surface area contributed by atoms with Crippen LogP contribution in [0.15, 0.2) is 40.9 Å². The highest BCUT2D eigenvalue weighted by molar-refractivity contribution is 9.10. The van der Waals surface area contributed by atoms with Gasteiger partial charge >= 0.3 is 5.97 Å². The lowest BCUT2D eigenvalue weighted by Crippen LogP contribution is -2.10. The second-order valence-electron chi connectivity index (χ2n) is 7.61. The van der Waals surface area contributed by atoms with E-state index in [2.05, 4.69) is 59.3 Å². The van der Waals surface area contributed by atoms with Crippen LogP contribution in [0.2, 0.25) is 0 Å².